The van der Waals surface area contributed by atoms with Crippen LogP contribution in [0.2, 0.25) is 0 Å². The molecule has 33 heavy (non-hydrogen) atoms. The van der Waals surface area contributed by atoms with Crippen LogP contribution in [0, 0.1) is 11.6 Å². The SMILES string of the molecule is O=C(Nc1ccc(N2CCCC2)c(C(=O)NCc2ccccc2)c1)Nc1ccc(F)cc1F. The molecule has 3 aromatic carbocycles. The molecule has 3 amide bonds. The van der Waals surface area contributed by atoms with Gasteiger partial charge in [-0.25, -0.2) is 13.6 Å². The summed E-state index contributed by atoms with van der Waals surface area (Å²) in [6, 6.07) is 16.9. The number of rotatable bonds is 6. The minimum atomic E-state index is -0.879. The summed E-state index contributed by atoms with van der Waals surface area (Å²) in [5, 5.41) is 7.89. The van der Waals surface area contributed by atoms with Crippen LogP contribution in [0.5, 0.6) is 0 Å². The van der Waals surface area contributed by atoms with Crippen LogP contribution in [0.4, 0.5) is 30.6 Å². The molecule has 0 spiro atoms. The standard InChI is InChI=1S/C25H24F2N4O2/c26-18-8-10-22(21(27)14-18)30-25(33)29-19-9-11-23(31-12-4-5-13-31)20(15-19)24(32)28-16-17-6-2-1-3-7-17/h1-3,6-11,14-15H,4-5,12-13,16H2,(H,28,32)(H2,29,30,33). The van der Waals surface area contributed by atoms with Crippen LogP contribution >= 0.6 is 0 Å². The first-order valence-corrected chi connectivity index (χ1v) is 10.7. The van der Waals surface area contributed by atoms with Crippen molar-refractivity contribution in [3.63, 3.8) is 0 Å². The maximum absolute atomic E-state index is 13.8. The first-order valence-electron chi connectivity index (χ1n) is 10.7. The van der Waals surface area contributed by atoms with Gasteiger partial charge in [0.25, 0.3) is 5.91 Å². The van der Waals surface area contributed by atoms with Gasteiger partial charge in [0.15, 0.2) is 0 Å². The van der Waals surface area contributed by atoms with E-state index in [9.17, 15) is 18.4 Å². The molecule has 1 aliphatic heterocycles. The van der Waals surface area contributed by atoms with E-state index >= 15 is 0 Å². The highest BCUT2D eigenvalue weighted by Gasteiger charge is 2.20. The fraction of sp³-hybridized carbons (Fsp3) is 0.200. The summed E-state index contributed by atoms with van der Waals surface area (Å²) in [4.78, 5) is 27.6. The molecule has 0 aliphatic carbocycles. The number of hydrogen-bond acceptors (Lipinski definition) is 3. The van der Waals surface area contributed by atoms with Crippen molar-refractivity contribution in [3.05, 3.63) is 89.5 Å². The number of anilines is 3. The lowest BCUT2D eigenvalue weighted by Crippen LogP contribution is -2.27. The number of carbonyl (C=O) groups excluding carboxylic acids is 2. The summed E-state index contributed by atoms with van der Waals surface area (Å²) in [5.74, 6) is -1.87. The predicted octanol–water partition coefficient (Wildman–Crippen LogP) is 5.14. The highest BCUT2D eigenvalue weighted by molar-refractivity contribution is 6.04. The summed E-state index contributed by atoms with van der Waals surface area (Å²) in [5.41, 5.74) is 2.45. The van der Waals surface area contributed by atoms with Crippen molar-refractivity contribution < 1.29 is 18.4 Å². The zero-order chi connectivity index (χ0) is 23.2. The molecular weight excluding hydrogens is 426 g/mol. The van der Waals surface area contributed by atoms with Crippen LogP contribution in [0.25, 0.3) is 0 Å². The molecule has 1 aliphatic rings. The van der Waals surface area contributed by atoms with Gasteiger partial charge in [-0.3, -0.25) is 4.79 Å². The van der Waals surface area contributed by atoms with E-state index in [1.807, 2.05) is 30.3 Å². The van der Waals surface area contributed by atoms with Gasteiger partial charge in [-0.05, 0) is 48.7 Å². The van der Waals surface area contributed by atoms with Crippen molar-refractivity contribution in [3.8, 4) is 0 Å². The van der Waals surface area contributed by atoms with Gasteiger partial charge in [0, 0.05) is 37.1 Å². The number of urea groups is 1. The summed E-state index contributed by atoms with van der Waals surface area (Å²) in [6.45, 7) is 2.09. The molecule has 1 heterocycles. The van der Waals surface area contributed by atoms with E-state index in [1.165, 1.54) is 0 Å². The van der Waals surface area contributed by atoms with Crippen molar-refractivity contribution in [2.45, 2.75) is 19.4 Å². The molecule has 0 unspecified atom stereocenters. The van der Waals surface area contributed by atoms with Gasteiger partial charge in [0.2, 0.25) is 0 Å². The van der Waals surface area contributed by atoms with Gasteiger partial charge >= 0.3 is 6.03 Å². The van der Waals surface area contributed by atoms with Crippen LogP contribution in [-0.2, 0) is 6.54 Å². The second-order valence-corrected chi connectivity index (χ2v) is 7.80. The quantitative estimate of drug-likeness (QED) is 0.487. The zero-order valence-corrected chi connectivity index (χ0v) is 17.9. The van der Waals surface area contributed by atoms with Gasteiger partial charge in [-0.2, -0.15) is 0 Å². The summed E-state index contributed by atoms with van der Waals surface area (Å²) >= 11 is 0. The Balaban J connectivity index is 1.51. The molecule has 1 fully saturated rings. The molecule has 0 saturated carbocycles. The average Bonchev–Trinajstić information content (AvgIpc) is 3.35. The van der Waals surface area contributed by atoms with E-state index < -0.39 is 17.7 Å². The Labute approximate surface area is 190 Å². The maximum Gasteiger partial charge on any atom is 0.323 e. The largest absolute Gasteiger partial charge is 0.371 e. The molecule has 6 nitrogen and oxygen atoms in total. The Bertz CT molecular complexity index is 1150. The number of amides is 3. The third-order valence-electron chi connectivity index (χ3n) is 5.42. The predicted molar refractivity (Wildman–Crippen MR) is 125 cm³/mol. The van der Waals surface area contributed by atoms with Crippen molar-refractivity contribution in [1.29, 1.82) is 0 Å². The van der Waals surface area contributed by atoms with E-state index in [0.29, 0.717) is 23.9 Å². The number of nitrogens with one attached hydrogen (secondary N) is 3. The van der Waals surface area contributed by atoms with Crippen LogP contribution in [0.3, 0.4) is 0 Å². The van der Waals surface area contributed by atoms with E-state index in [1.54, 1.807) is 18.2 Å². The highest BCUT2D eigenvalue weighted by Crippen LogP contribution is 2.28. The van der Waals surface area contributed by atoms with Crippen molar-refractivity contribution in [1.82, 2.24) is 5.32 Å². The monoisotopic (exact) mass is 450 g/mol. The molecule has 170 valence electrons. The maximum atomic E-state index is 13.8. The van der Waals surface area contributed by atoms with Crippen LogP contribution in [0.1, 0.15) is 28.8 Å². The minimum Gasteiger partial charge on any atom is -0.371 e. The van der Waals surface area contributed by atoms with Crippen molar-refractivity contribution >= 4 is 29.0 Å². The highest BCUT2D eigenvalue weighted by atomic mass is 19.1. The Morgan fingerprint density at radius 2 is 1.64 bits per heavy atom. The number of halogens is 2. The normalized spacial score (nSPS) is 13.0. The summed E-state index contributed by atoms with van der Waals surface area (Å²) in [7, 11) is 0. The summed E-state index contributed by atoms with van der Waals surface area (Å²) < 4.78 is 26.9. The van der Waals surface area contributed by atoms with Gasteiger partial charge in [-0.1, -0.05) is 30.3 Å². The molecule has 4 rings (SSSR count). The molecule has 0 bridgehead atoms. The number of carbonyl (C=O) groups is 2. The molecule has 0 aromatic heterocycles. The van der Waals surface area contributed by atoms with Crippen LogP contribution in [0.15, 0.2) is 66.7 Å². The molecule has 3 aromatic rings. The van der Waals surface area contributed by atoms with Crippen LogP contribution in [-0.4, -0.2) is 25.0 Å². The van der Waals surface area contributed by atoms with E-state index in [-0.39, 0.29) is 11.6 Å². The van der Waals surface area contributed by atoms with Gasteiger partial charge in [0.05, 0.1) is 11.3 Å². The first kappa shape index (κ1) is 22.3. The van der Waals surface area contributed by atoms with E-state index in [0.717, 1.165) is 49.3 Å². The van der Waals surface area contributed by atoms with Gasteiger partial charge in [-0.15, -0.1) is 0 Å². The Hall–Kier alpha value is -3.94. The Morgan fingerprint density at radius 3 is 2.36 bits per heavy atom. The van der Waals surface area contributed by atoms with Crippen LogP contribution < -0.4 is 20.9 Å². The Morgan fingerprint density at radius 1 is 0.879 bits per heavy atom. The topological polar surface area (TPSA) is 73.5 Å². The fourth-order valence-electron chi connectivity index (χ4n) is 3.78. The molecule has 3 N–H and O–H groups in total. The lowest BCUT2D eigenvalue weighted by atomic mass is 10.1. The molecule has 8 heteroatoms. The third kappa shape index (κ3) is 5.65. The zero-order valence-electron chi connectivity index (χ0n) is 17.9. The minimum absolute atomic E-state index is 0.150. The lowest BCUT2D eigenvalue weighted by Gasteiger charge is -2.22. The number of benzene rings is 3. The molecule has 1 saturated heterocycles. The number of hydrogen-bond donors (Lipinski definition) is 3. The molecule has 0 radical (unpaired) electrons. The van der Waals surface area contributed by atoms with Crippen molar-refractivity contribution in [2.24, 2.45) is 0 Å². The Kier molecular flexibility index (Phi) is 6.83. The third-order valence-corrected chi connectivity index (χ3v) is 5.42. The van der Waals surface area contributed by atoms with E-state index in [2.05, 4.69) is 20.9 Å². The number of nitrogens with zero attached hydrogens (tertiary/aromatic N) is 1. The van der Waals surface area contributed by atoms with Gasteiger partial charge < -0.3 is 20.9 Å². The molecular formula is C25H24F2N4O2. The van der Waals surface area contributed by atoms with Gasteiger partial charge in [0.1, 0.15) is 11.6 Å². The second kappa shape index (κ2) is 10.1. The van der Waals surface area contributed by atoms with E-state index in [4.69, 9.17) is 0 Å². The van der Waals surface area contributed by atoms with Crippen molar-refractivity contribution in [2.75, 3.05) is 28.6 Å². The average molecular weight is 450 g/mol. The lowest BCUT2D eigenvalue weighted by molar-refractivity contribution is 0.0951. The first-order chi connectivity index (χ1) is 16.0. The molecule has 0 atom stereocenters. The smallest absolute Gasteiger partial charge is 0.323 e. The second-order valence-electron chi connectivity index (χ2n) is 7.80. The summed E-state index contributed by atoms with van der Waals surface area (Å²) in [6.07, 6.45) is 2.10. The fourth-order valence-corrected chi connectivity index (χ4v) is 3.78.